The zero-order valence-corrected chi connectivity index (χ0v) is 11.7. The highest BCUT2D eigenvalue weighted by Crippen LogP contribution is 2.19. The third-order valence-electron chi connectivity index (χ3n) is 3.24. The first-order chi connectivity index (χ1) is 9.74. The predicted octanol–water partition coefficient (Wildman–Crippen LogP) is 3.10. The Labute approximate surface area is 117 Å². The summed E-state index contributed by atoms with van der Waals surface area (Å²) in [7, 11) is 0. The van der Waals surface area contributed by atoms with Crippen molar-refractivity contribution in [2.75, 3.05) is 11.9 Å². The van der Waals surface area contributed by atoms with Crippen molar-refractivity contribution in [2.45, 2.75) is 26.2 Å². The van der Waals surface area contributed by atoms with Crippen LogP contribution in [0.1, 0.15) is 31.2 Å². The summed E-state index contributed by atoms with van der Waals surface area (Å²) in [5.74, 6) is 2.24. The SMILES string of the molecule is CC(C)c1cc2c(NCCc3ccco3)nccn2n1. The van der Waals surface area contributed by atoms with Crippen LogP contribution >= 0.6 is 0 Å². The van der Waals surface area contributed by atoms with Crippen LogP contribution in [0, 0.1) is 0 Å². The van der Waals surface area contributed by atoms with E-state index in [9.17, 15) is 0 Å². The van der Waals surface area contributed by atoms with E-state index in [1.807, 2.05) is 22.8 Å². The first-order valence-electron chi connectivity index (χ1n) is 6.84. The quantitative estimate of drug-likeness (QED) is 0.774. The number of aromatic nitrogens is 3. The Hall–Kier alpha value is -2.30. The zero-order chi connectivity index (χ0) is 13.9. The van der Waals surface area contributed by atoms with Gasteiger partial charge in [-0.1, -0.05) is 13.8 Å². The van der Waals surface area contributed by atoms with Gasteiger partial charge < -0.3 is 9.73 Å². The summed E-state index contributed by atoms with van der Waals surface area (Å²) in [6.45, 7) is 5.06. The second-order valence-electron chi connectivity index (χ2n) is 5.09. The molecule has 0 atom stereocenters. The molecule has 0 bridgehead atoms. The van der Waals surface area contributed by atoms with Gasteiger partial charge in [0, 0.05) is 25.4 Å². The number of hydrogen-bond acceptors (Lipinski definition) is 4. The topological polar surface area (TPSA) is 55.4 Å². The molecular formula is C15H18N4O. The van der Waals surface area contributed by atoms with Crippen molar-refractivity contribution < 1.29 is 4.42 Å². The molecule has 3 aromatic heterocycles. The van der Waals surface area contributed by atoms with E-state index in [0.29, 0.717) is 5.92 Å². The van der Waals surface area contributed by atoms with Crippen molar-refractivity contribution in [3.8, 4) is 0 Å². The van der Waals surface area contributed by atoms with Crippen LogP contribution in [0.2, 0.25) is 0 Å². The maximum atomic E-state index is 5.32. The largest absolute Gasteiger partial charge is 0.469 e. The minimum Gasteiger partial charge on any atom is -0.469 e. The van der Waals surface area contributed by atoms with Crippen LogP contribution in [-0.2, 0) is 6.42 Å². The lowest BCUT2D eigenvalue weighted by molar-refractivity contribution is 0.513. The van der Waals surface area contributed by atoms with Gasteiger partial charge in [0.25, 0.3) is 0 Å². The van der Waals surface area contributed by atoms with E-state index in [1.165, 1.54) is 0 Å². The summed E-state index contributed by atoms with van der Waals surface area (Å²) in [5, 5.41) is 7.90. The van der Waals surface area contributed by atoms with Crippen molar-refractivity contribution in [1.29, 1.82) is 0 Å². The van der Waals surface area contributed by atoms with Gasteiger partial charge in [-0.3, -0.25) is 0 Å². The Morgan fingerprint density at radius 2 is 2.30 bits per heavy atom. The summed E-state index contributed by atoms with van der Waals surface area (Å²) < 4.78 is 7.19. The fourth-order valence-corrected chi connectivity index (χ4v) is 2.12. The lowest BCUT2D eigenvalue weighted by Crippen LogP contribution is -2.07. The van der Waals surface area contributed by atoms with Crippen LogP contribution in [0.25, 0.3) is 5.52 Å². The van der Waals surface area contributed by atoms with Gasteiger partial charge in [0.1, 0.15) is 11.3 Å². The molecule has 0 saturated heterocycles. The monoisotopic (exact) mass is 270 g/mol. The molecule has 0 saturated carbocycles. The maximum absolute atomic E-state index is 5.32. The molecule has 3 heterocycles. The molecule has 0 radical (unpaired) electrons. The molecule has 20 heavy (non-hydrogen) atoms. The summed E-state index contributed by atoms with van der Waals surface area (Å²) in [4.78, 5) is 4.40. The number of nitrogens with one attached hydrogen (secondary N) is 1. The Bertz CT molecular complexity index is 685. The highest BCUT2D eigenvalue weighted by atomic mass is 16.3. The van der Waals surface area contributed by atoms with Crippen LogP contribution in [0.15, 0.2) is 41.3 Å². The highest BCUT2D eigenvalue weighted by Gasteiger charge is 2.09. The second kappa shape index (κ2) is 5.36. The minimum absolute atomic E-state index is 0.408. The van der Waals surface area contributed by atoms with Crippen molar-refractivity contribution in [2.24, 2.45) is 0 Å². The van der Waals surface area contributed by atoms with E-state index in [-0.39, 0.29) is 0 Å². The van der Waals surface area contributed by atoms with E-state index >= 15 is 0 Å². The molecule has 104 valence electrons. The van der Waals surface area contributed by atoms with Crippen LogP contribution in [-0.4, -0.2) is 21.1 Å². The number of furan rings is 1. The first kappa shape index (κ1) is 12.7. The second-order valence-corrected chi connectivity index (χ2v) is 5.09. The molecule has 0 amide bonds. The molecule has 3 rings (SSSR count). The van der Waals surface area contributed by atoms with Crippen LogP contribution < -0.4 is 5.32 Å². The van der Waals surface area contributed by atoms with Gasteiger partial charge in [0.15, 0.2) is 5.82 Å². The van der Waals surface area contributed by atoms with Gasteiger partial charge in [-0.25, -0.2) is 9.50 Å². The average molecular weight is 270 g/mol. The number of anilines is 1. The zero-order valence-electron chi connectivity index (χ0n) is 11.7. The molecule has 3 aromatic rings. The van der Waals surface area contributed by atoms with E-state index in [4.69, 9.17) is 4.42 Å². The molecule has 0 aliphatic heterocycles. The molecule has 5 nitrogen and oxygen atoms in total. The van der Waals surface area contributed by atoms with Crippen LogP contribution in [0.4, 0.5) is 5.82 Å². The maximum Gasteiger partial charge on any atom is 0.152 e. The molecular weight excluding hydrogens is 252 g/mol. The number of rotatable bonds is 5. The molecule has 5 heteroatoms. The van der Waals surface area contributed by atoms with Crippen molar-refractivity contribution >= 4 is 11.3 Å². The Kier molecular flexibility index (Phi) is 3.41. The van der Waals surface area contributed by atoms with Gasteiger partial charge in [-0.2, -0.15) is 5.10 Å². The summed E-state index contributed by atoms with van der Waals surface area (Å²) in [5.41, 5.74) is 2.09. The van der Waals surface area contributed by atoms with E-state index in [1.54, 1.807) is 12.5 Å². The van der Waals surface area contributed by atoms with Gasteiger partial charge in [-0.15, -0.1) is 0 Å². The minimum atomic E-state index is 0.408. The molecule has 0 aromatic carbocycles. The smallest absolute Gasteiger partial charge is 0.152 e. The Morgan fingerprint density at radius 3 is 3.05 bits per heavy atom. The van der Waals surface area contributed by atoms with Gasteiger partial charge in [0.05, 0.1) is 12.0 Å². The number of fused-ring (bicyclic) bond motifs is 1. The van der Waals surface area contributed by atoms with E-state index < -0.39 is 0 Å². The fourth-order valence-electron chi connectivity index (χ4n) is 2.12. The predicted molar refractivity (Wildman–Crippen MR) is 78.0 cm³/mol. The van der Waals surface area contributed by atoms with E-state index in [2.05, 4.69) is 35.3 Å². The summed E-state index contributed by atoms with van der Waals surface area (Å²) >= 11 is 0. The third-order valence-corrected chi connectivity index (χ3v) is 3.24. The summed E-state index contributed by atoms with van der Waals surface area (Å²) in [6.07, 6.45) is 6.17. The standard InChI is InChI=1S/C15H18N4O/c1-11(2)13-10-14-15(17-7-8-19(14)18-13)16-6-5-12-4-3-9-20-12/h3-4,7-11H,5-6H2,1-2H3,(H,16,17). The molecule has 0 spiro atoms. The van der Waals surface area contributed by atoms with Crippen molar-refractivity contribution in [3.63, 3.8) is 0 Å². The number of hydrogen-bond donors (Lipinski definition) is 1. The Morgan fingerprint density at radius 1 is 1.40 bits per heavy atom. The van der Waals surface area contributed by atoms with Gasteiger partial charge >= 0.3 is 0 Å². The molecule has 0 aliphatic rings. The van der Waals surface area contributed by atoms with Gasteiger partial charge in [-0.05, 0) is 24.1 Å². The molecule has 0 aliphatic carbocycles. The fraction of sp³-hybridized carbons (Fsp3) is 0.333. The highest BCUT2D eigenvalue weighted by molar-refractivity contribution is 5.67. The van der Waals surface area contributed by atoms with Gasteiger partial charge in [0.2, 0.25) is 0 Å². The van der Waals surface area contributed by atoms with Crippen LogP contribution in [0.3, 0.4) is 0 Å². The lowest BCUT2D eigenvalue weighted by atomic mass is 10.1. The third kappa shape index (κ3) is 2.52. The van der Waals surface area contributed by atoms with Crippen molar-refractivity contribution in [3.05, 3.63) is 48.3 Å². The Balaban J connectivity index is 1.77. The molecule has 0 unspecified atom stereocenters. The normalized spacial score (nSPS) is 11.3. The molecule has 0 fully saturated rings. The van der Waals surface area contributed by atoms with E-state index in [0.717, 1.165) is 35.8 Å². The molecule has 1 N–H and O–H groups in total. The first-order valence-corrected chi connectivity index (χ1v) is 6.84. The number of nitrogens with zero attached hydrogens (tertiary/aromatic N) is 3. The summed E-state index contributed by atoms with van der Waals surface area (Å²) in [6, 6.07) is 5.97. The van der Waals surface area contributed by atoms with Crippen molar-refractivity contribution in [1.82, 2.24) is 14.6 Å². The average Bonchev–Trinajstić information content (AvgIpc) is 3.07. The van der Waals surface area contributed by atoms with Crippen LogP contribution in [0.5, 0.6) is 0 Å². The lowest BCUT2D eigenvalue weighted by Gasteiger charge is -2.05.